The third-order valence-corrected chi connectivity index (χ3v) is 5.35. The van der Waals surface area contributed by atoms with Crippen molar-refractivity contribution in [1.29, 1.82) is 0 Å². The van der Waals surface area contributed by atoms with Crippen LogP contribution >= 0.6 is 0 Å². The number of amides is 2. The van der Waals surface area contributed by atoms with Crippen molar-refractivity contribution in [3.05, 3.63) is 60.3 Å². The first-order valence-corrected chi connectivity index (χ1v) is 11.1. The smallest absolute Gasteiger partial charge is 0.411 e. The molecule has 9 heteroatoms. The molecule has 0 aliphatic heterocycles. The molecule has 180 valence electrons. The summed E-state index contributed by atoms with van der Waals surface area (Å²) in [5.74, 6) is 0.463. The predicted molar refractivity (Wildman–Crippen MR) is 135 cm³/mol. The Morgan fingerprint density at radius 3 is 2.54 bits per heavy atom. The van der Waals surface area contributed by atoms with Crippen LogP contribution in [0.3, 0.4) is 0 Å². The molecule has 2 aromatic carbocycles. The lowest BCUT2D eigenvalue weighted by Gasteiger charge is -2.17. The number of aromatic amines is 1. The first-order valence-electron chi connectivity index (χ1n) is 11.1. The number of hydrogen-bond donors (Lipinski definition) is 2. The summed E-state index contributed by atoms with van der Waals surface area (Å²) < 4.78 is 10.7. The second kappa shape index (κ2) is 9.84. The number of carbonyl (C=O) groups excluding carboxylic acids is 2. The predicted octanol–water partition coefficient (Wildman–Crippen LogP) is 4.96. The maximum absolute atomic E-state index is 12.9. The maximum atomic E-state index is 12.9. The molecule has 0 unspecified atom stereocenters. The number of ether oxygens (including phenoxy) is 2. The van der Waals surface area contributed by atoms with Crippen LogP contribution in [0.25, 0.3) is 33.4 Å². The van der Waals surface area contributed by atoms with Crippen LogP contribution in [-0.4, -0.2) is 59.4 Å². The molecule has 2 amide bonds. The Kier molecular flexibility index (Phi) is 6.68. The summed E-state index contributed by atoms with van der Waals surface area (Å²) in [5.41, 5.74) is 4.47. The van der Waals surface area contributed by atoms with Crippen LogP contribution in [0.5, 0.6) is 5.75 Å². The highest BCUT2D eigenvalue weighted by molar-refractivity contribution is 6.04. The van der Waals surface area contributed by atoms with Gasteiger partial charge >= 0.3 is 6.09 Å². The van der Waals surface area contributed by atoms with E-state index in [2.05, 4.69) is 20.5 Å². The number of benzene rings is 2. The van der Waals surface area contributed by atoms with E-state index < -0.39 is 6.09 Å². The zero-order chi connectivity index (χ0) is 25.1. The Morgan fingerprint density at radius 2 is 1.83 bits per heavy atom. The Morgan fingerprint density at radius 1 is 1.06 bits per heavy atom. The van der Waals surface area contributed by atoms with Crippen LogP contribution in [-0.2, 0) is 4.74 Å². The van der Waals surface area contributed by atoms with Crippen molar-refractivity contribution in [3.63, 3.8) is 0 Å². The number of carbonyl (C=O) groups is 2. The normalized spacial score (nSPS) is 10.9. The van der Waals surface area contributed by atoms with Crippen LogP contribution in [0, 0.1) is 0 Å². The number of nitrogens with zero attached hydrogens (tertiary/aromatic N) is 3. The third-order valence-electron chi connectivity index (χ3n) is 5.35. The fraction of sp³-hybridized carbons (Fsp3) is 0.231. The van der Waals surface area contributed by atoms with E-state index in [1.165, 1.54) is 4.90 Å². The molecule has 0 aliphatic rings. The lowest BCUT2D eigenvalue weighted by molar-refractivity contribution is 0.0828. The van der Waals surface area contributed by atoms with E-state index in [1.54, 1.807) is 53.4 Å². The monoisotopic (exact) mass is 473 g/mol. The number of rotatable bonds is 6. The number of para-hydroxylation sites is 1. The highest BCUT2D eigenvalue weighted by Gasteiger charge is 2.19. The molecule has 0 radical (unpaired) electrons. The molecule has 2 N–H and O–H groups in total. The molecule has 2 aromatic heterocycles. The molecular formula is C26H27N5O4. The van der Waals surface area contributed by atoms with Crippen LogP contribution in [0.15, 0.2) is 54.7 Å². The summed E-state index contributed by atoms with van der Waals surface area (Å²) >= 11 is 0. The Hall–Kier alpha value is -4.40. The minimum absolute atomic E-state index is 0.251. The molecule has 35 heavy (non-hydrogen) atoms. The van der Waals surface area contributed by atoms with E-state index in [0.29, 0.717) is 22.6 Å². The van der Waals surface area contributed by atoms with Crippen molar-refractivity contribution in [2.75, 3.05) is 26.5 Å². The third kappa shape index (κ3) is 4.93. The summed E-state index contributed by atoms with van der Waals surface area (Å²) in [4.78, 5) is 31.1. The second-order valence-corrected chi connectivity index (χ2v) is 8.43. The van der Waals surface area contributed by atoms with Crippen LogP contribution < -0.4 is 10.1 Å². The van der Waals surface area contributed by atoms with E-state index in [1.807, 2.05) is 36.4 Å². The van der Waals surface area contributed by atoms with Gasteiger partial charge in [0.15, 0.2) is 5.65 Å². The number of nitrogens with one attached hydrogen (secondary N) is 2. The molecule has 4 rings (SSSR count). The number of pyridine rings is 1. The van der Waals surface area contributed by atoms with Gasteiger partial charge in [0.25, 0.3) is 5.91 Å². The van der Waals surface area contributed by atoms with Crippen molar-refractivity contribution >= 4 is 28.7 Å². The van der Waals surface area contributed by atoms with E-state index in [-0.39, 0.29) is 12.0 Å². The summed E-state index contributed by atoms with van der Waals surface area (Å²) in [6, 6.07) is 14.9. The summed E-state index contributed by atoms with van der Waals surface area (Å²) in [6.45, 7) is 3.51. The molecule has 0 aliphatic carbocycles. The van der Waals surface area contributed by atoms with Gasteiger partial charge in [0.2, 0.25) is 0 Å². The van der Waals surface area contributed by atoms with Gasteiger partial charge in [0.1, 0.15) is 5.75 Å². The lowest BCUT2D eigenvalue weighted by atomic mass is 10.0. The van der Waals surface area contributed by atoms with Gasteiger partial charge in [-0.2, -0.15) is 5.10 Å². The van der Waals surface area contributed by atoms with E-state index in [4.69, 9.17) is 9.47 Å². The second-order valence-electron chi connectivity index (χ2n) is 8.43. The molecule has 0 saturated carbocycles. The van der Waals surface area contributed by atoms with Gasteiger partial charge < -0.3 is 14.4 Å². The highest BCUT2D eigenvalue weighted by atomic mass is 16.6. The summed E-state index contributed by atoms with van der Waals surface area (Å²) in [6.07, 6.45) is 0.796. The van der Waals surface area contributed by atoms with Crippen LogP contribution in [0.2, 0.25) is 0 Å². The van der Waals surface area contributed by atoms with Crippen LogP contribution in [0.4, 0.5) is 10.5 Å². The van der Waals surface area contributed by atoms with Gasteiger partial charge in [0.05, 0.1) is 30.2 Å². The molecule has 0 saturated heterocycles. The molecule has 2 heterocycles. The molecule has 9 nitrogen and oxygen atoms in total. The first kappa shape index (κ1) is 23.7. The number of aromatic nitrogens is 3. The van der Waals surface area contributed by atoms with Gasteiger partial charge in [-0.15, -0.1) is 0 Å². The zero-order valence-corrected chi connectivity index (χ0v) is 20.2. The Bertz CT molecular complexity index is 1390. The minimum Gasteiger partial charge on any atom is -0.496 e. The molecule has 0 atom stereocenters. The van der Waals surface area contributed by atoms with E-state index >= 15 is 0 Å². The minimum atomic E-state index is -0.622. The fourth-order valence-electron chi connectivity index (χ4n) is 3.72. The number of fused-ring (bicyclic) bond motifs is 1. The maximum Gasteiger partial charge on any atom is 0.411 e. The van der Waals surface area contributed by atoms with Crippen molar-refractivity contribution in [1.82, 2.24) is 20.1 Å². The van der Waals surface area contributed by atoms with Gasteiger partial charge in [-0.3, -0.25) is 15.2 Å². The van der Waals surface area contributed by atoms with E-state index in [0.717, 1.165) is 27.8 Å². The van der Waals surface area contributed by atoms with Crippen molar-refractivity contribution < 1.29 is 19.1 Å². The fourth-order valence-corrected chi connectivity index (χ4v) is 3.72. The average molecular weight is 474 g/mol. The van der Waals surface area contributed by atoms with Crippen molar-refractivity contribution in [2.24, 2.45) is 0 Å². The molecule has 4 aromatic rings. The number of H-pyrrole nitrogens is 1. The number of anilines is 1. The Labute approximate surface area is 203 Å². The van der Waals surface area contributed by atoms with Crippen molar-refractivity contribution in [3.8, 4) is 28.1 Å². The lowest BCUT2D eigenvalue weighted by Crippen LogP contribution is -2.25. The van der Waals surface area contributed by atoms with Gasteiger partial charge in [-0.25, -0.2) is 9.78 Å². The number of hydrogen-bond acceptors (Lipinski definition) is 6. The molecular weight excluding hydrogens is 446 g/mol. The zero-order valence-electron chi connectivity index (χ0n) is 20.2. The topological polar surface area (TPSA) is 109 Å². The Balaban J connectivity index is 1.78. The standard InChI is InChI=1S/C26H27N5O4/c1-15(2)35-26(33)28-21-11-10-16(12-19(21)25(32)31(3)4)17-13-20-23(29-30-24(20)27-14-17)18-8-6-7-9-22(18)34-5/h6-15H,1-5H3,(H,28,33)(H,27,29,30). The summed E-state index contributed by atoms with van der Waals surface area (Å²) in [7, 11) is 4.94. The summed E-state index contributed by atoms with van der Waals surface area (Å²) in [5, 5.41) is 10.9. The van der Waals surface area contributed by atoms with E-state index in [9.17, 15) is 9.59 Å². The van der Waals surface area contributed by atoms with Crippen molar-refractivity contribution in [2.45, 2.75) is 20.0 Å². The first-order chi connectivity index (χ1) is 16.8. The molecule has 0 bridgehead atoms. The quantitative estimate of drug-likeness (QED) is 0.410. The number of methoxy groups -OCH3 is 1. The van der Waals surface area contributed by atoms with Gasteiger partial charge in [-0.05, 0) is 49.7 Å². The highest BCUT2D eigenvalue weighted by Crippen LogP contribution is 2.35. The largest absolute Gasteiger partial charge is 0.496 e. The van der Waals surface area contributed by atoms with Gasteiger partial charge in [-0.1, -0.05) is 18.2 Å². The van der Waals surface area contributed by atoms with Crippen LogP contribution in [0.1, 0.15) is 24.2 Å². The van der Waals surface area contributed by atoms with Gasteiger partial charge in [0, 0.05) is 36.8 Å². The SMILES string of the molecule is COc1ccccc1-c1[nH]nc2ncc(-c3ccc(NC(=O)OC(C)C)c(C(=O)N(C)C)c3)cc12. The average Bonchev–Trinajstić information content (AvgIpc) is 3.26. The molecule has 0 fully saturated rings. The molecule has 0 spiro atoms.